The third-order valence-corrected chi connectivity index (χ3v) is 5.03. The molecule has 11 heteroatoms. The number of anilines is 1. The van der Waals surface area contributed by atoms with E-state index in [1.54, 1.807) is 48.5 Å². The second-order valence-electron chi connectivity index (χ2n) is 6.72. The van der Waals surface area contributed by atoms with Crippen molar-refractivity contribution in [2.75, 3.05) is 4.90 Å². The molecule has 0 saturated carbocycles. The number of thiocarbonyl (C=S) groups is 1. The van der Waals surface area contributed by atoms with Crippen molar-refractivity contribution in [3.05, 3.63) is 93.1 Å². The predicted molar refractivity (Wildman–Crippen MR) is 125 cm³/mol. The van der Waals surface area contributed by atoms with Crippen LogP contribution >= 0.6 is 23.8 Å². The average Bonchev–Trinajstić information content (AvgIpc) is 2.78. The van der Waals surface area contributed by atoms with Crippen LogP contribution in [0.5, 0.6) is 11.6 Å². The van der Waals surface area contributed by atoms with Gasteiger partial charge in [0.1, 0.15) is 17.5 Å². The van der Waals surface area contributed by atoms with E-state index in [4.69, 9.17) is 28.6 Å². The molecule has 1 aromatic heterocycles. The van der Waals surface area contributed by atoms with Crippen LogP contribution in [-0.4, -0.2) is 26.8 Å². The first-order chi connectivity index (χ1) is 15.8. The van der Waals surface area contributed by atoms with Gasteiger partial charge in [0.15, 0.2) is 5.11 Å². The topological polar surface area (TPSA) is 115 Å². The molecule has 1 N–H and O–H groups in total. The standard InChI is InChI=1S/C22H13ClN4O5S/c23-14-2-1-3-15(11-14)26-21(29)18(20(28)25-22(26)33)10-13-4-7-17(8-5-13)32-19-9-6-16(12-24-19)27(30)31/h1-12H,(H,25,28,33)/b18-10+. The van der Waals surface area contributed by atoms with Crippen LogP contribution in [0.25, 0.3) is 6.08 Å². The summed E-state index contributed by atoms with van der Waals surface area (Å²) in [6.45, 7) is 0. The molecule has 9 nitrogen and oxygen atoms in total. The Hall–Kier alpha value is -4.15. The fraction of sp³-hybridized carbons (Fsp3) is 0. The molecule has 0 unspecified atom stereocenters. The van der Waals surface area contributed by atoms with Crippen LogP contribution in [0, 0.1) is 10.1 Å². The largest absolute Gasteiger partial charge is 0.439 e. The van der Waals surface area contributed by atoms with Gasteiger partial charge in [-0.2, -0.15) is 0 Å². The number of hydrogen-bond donors (Lipinski definition) is 1. The van der Waals surface area contributed by atoms with Gasteiger partial charge in [-0.25, -0.2) is 4.98 Å². The van der Waals surface area contributed by atoms with Crippen molar-refractivity contribution in [2.45, 2.75) is 0 Å². The maximum Gasteiger partial charge on any atom is 0.287 e. The van der Waals surface area contributed by atoms with E-state index in [1.165, 1.54) is 23.1 Å². The van der Waals surface area contributed by atoms with Gasteiger partial charge >= 0.3 is 0 Å². The van der Waals surface area contributed by atoms with Crippen LogP contribution in [-0.2, 0) is 9.59 Å². The maximum absolute atomic E-state index is 13.0. The Morgan fingerprint density at radius 3 is 2.52 bits per heavy atom. The predicted octanol–water partition coefficient (Wildman–Crippen LogP) is 4.27. The highest BCUT2D eigenvalue weighted by Gasteiger charge is 2.34. The maximum atomic E-state index is 13.0. The van der Waals surface area contributed by atoms with Crippen molar-refractivity contribution in [1.29, 1.82) is 0 Å². The van der Waals surface area contributed by atoms with E-state index in [0.29, 0.717) is 22.0 Å². The van der Waals surface area contributed by atoms with Crippen molar-refractivity contribution in [3.8, 4) is 11.6 Å². The molecule has 4 rings (SSSR count). The van der Waals surface area contributed by atoms with Crippen LogP contribution in [0.15, 0.2) is 72.4 Å². The molecule has 1 fully saturated rings. The molecule has 1 saturated heterocycles. The van der Waals surface area contributed by atoms with Gasteiger partial charge in [0.25, 0.3) is 17.5 Å². The van der Waals surface area contributed by atoms with Gasteiger partial charge in [-0.05, 0) is 54.2 Å². The molecule has 0 spiro atoms. The second kappa shape index (κ2) is 9.15. The van der Waals surface area contributed by atoms with Crippen molar-refractivity contribution in [2.24, 2.45) is 0 Å². The Morgan fingerprint density at radius 2 is 1.88 bits per heavy atom. The summed E-state index contributed by atoms with van der Waals surface area (Å²) in [4.78, 5) is 40.7. The minimum atomic E-state index is -0.612. The number of rotatable bonds is 5. The number of hydrogen-bond acceptors (Lipinski definition) is 7. The number of nitrogens with zero attached hydrogens (tertiary/aromatic N) is 3. The van der Waals surface area contributed by atoms with Gasteiger partial charge in [0.05, 0.1) is 10.6 Å². The lowest BCUT2D eigenvalue weighted by molar-refractivity contribution is -0.385. The van der Waals surface area contributed by atoms with Crippen molar-refractivity contribution >= 4 is 58.2 Å². The molecule has 0 aliphatic carbocycles. The molecule has 0 radical (unpaired) electrons. The summed E-state index contributed by atoms with van der Waals surface area (Å²) in [5.41, 5.74) is 0.749. The van der Waals surface area contributed by atoms with E-state index >= 15 is 0 Å². The van der Waals surface area contributed by atoms with Gasteiger partial charge in [-0.1, -0.05) is 29.8 Å². The Labute approximate surface area is 197 Å². The van der Waals surface area contributed by atoms with Crippen molar-refractivity contribution in [3.63, 3.8) is 0 Å². The zero-order chi connectivity index (χ0) is 23.5. The van der Waals surface area contributed by atoms with Crippen molar-refractivity contribution in [1.82, 2.24) is 10.3 Å². The lowest BCUT2D eigenvalue weighted by Gasteiger charge is -2.29. The van der Waals surface area contributed by atoms with E-state index in [1.807, 2.05) is 0 Å². The monoisotopic (exact) mass is 480 g/mol. The van der Waals surface area contributed by atoms with Crippen LogP contribution in [0.1, 0.15) is 5.56 Å². The third-order valence-electron chi connectivity index (χ3n) is 4.51. The summed E-state index contributed by atoms with van der Waals surface area (Å²) in [6.07, 6.45) is 2.53. The van der Waals surface area contributed by atoms with Gasteiger partial charge in [-0.3, -0.25) is 29.9 Å². The molecule has 2 aromatic carbocycles. The number of aromatic nitrogens is 1. The number of carbonyl (C=O) groups is 2. The van der Waals surface area contributed by atoms with E-state index in [0.717, 1.165) is 6.20 Å². The third kappa shape index (κ3) is 4.86. The number of carbonyl (C=O) groups excluding carboxylic acids is 2. The Morgan fingerprint density at radius 1 is 1.12 bits per heavy atom. The fourth-order valence-electron chi connectivity index (χ4n) is 2.97. The molecule has 3 aromatic rings. The first-order valence-electron chi connectivity index (χ1n) is 9.37. The van der Waals surface area contributed by atoms with Gasteiger partial charge < -0.3 is 4.74 Å². The highest BCUT2D eigenvalue weighted by molar-refractivity contribution is 7.80. The van der Waals surface area contributed by atoms with Crippen LogP contribution in [0.4, 0.5) is 11.4 Å². The Bertz CT molecular complexity index is 1310. The lowest BCUT2D eigenvalue weighted by atomic mass is 10.1. The zero-order valence-corrected chi connectivity index (χ0v) is 18.2. The first kappa shape index (κ1) is 22.1. The fourth-order valence-corrected chi connectivity index (χ4v) is 3.43. The normalized spacial score (nSPS) is 14.9. The van der Waals surface area contributed by atoms with E-state index < -0.39 is 16.7 Å². The van der Waals surface area contributed by atoms with Crippen LogP contribution in [0.3, 0.4) is 0 Å². The molecule has 0 bridgehead atoms. The van der Waals surface area contributed by atoms with Crippen LogP contribution < -0.4 is 15.0 Å². The number of ether oxygens (including phenoxy) is 1. The van der Waals surface area contributed by atoms with Crippen molar-refractivity contribution < 1.29 is 19.2 Å². The molecule has 0 atom stereocenters. The quantitative estimate of drug-likeness (QED) is 0.191. The molecule has 164 valence electrons. The number of benzene rings is 2. The van der Waals surface area contributed by atoms with Crippen LogP contribution in [0.2, 0.25) is 5.02 Å². The Kier molecular flexibility index (Phi) is 6.11. The highest BCUT2D eigenvalue weighted by Crippen LogP contribution is 2.26. The minimum Gasteiger partial charge on any atom is -0.439 e. The summed E-state index contributed by atoms with van der Waals surface area (Å²) >= 11 is 11.2. The molecule has 1 aliphatic heterocycles. The first-order valence-corrected chi connectivity index (χ1v) is 10.2. The molecular formula is C22H13ClN4O5S. The SMILES string of the molecule is O=C1NC(=S)N(c2cccc(Cl)c2)C(=O)/C1=C/c1ccc(Oc2ccc([N+](=O)[O-])cn2)cc1. The Balaban J connectivity index is 1.54. The number of nitrogens with one attached hydrogen (secondary N) is 1. The second-order valence-corrected chi connectivity index (χ2v) is 7.54. The van der Waals surface area contributed by atoms with E-state index in [-0.39, 0.29) is 22.3 Å². The summed E-state index contributed by atoms with van der Waals surface area (Å²) in [5.74, 6) is -0.598. The highest BCUT2D eigenvalue weighted by atomic mass is 35.5. The summed E-state index contributed by atoms with van der Waals surface area (Å²) in [6, 6.07) is 15.7. The number of amides is 2. The molecule has 1 aliphatic rings. The minimum absolute atomic E-state index is 0.0382. The molecule has 2 amide bonds. The zero-order valence-electron chi connectivity index (χ0n) is 16.6. The lowest BCUT2D eigenvalue weighted by Crippen LogP contribution is -2.54. The van der Waals surface area contributed by atoms with Gasteiger partial charge in [-0.15, -0.1) is 0 Å². The number of pyridine rings is 1. The smallest absolute Gasteiger partial charge is 0.287 e. The summed E-state index contributed by atoms with van der Waals surface area (Å²) < 4.78 is 5.56. The summed E-state index contributed by atoms with van der Waals surface area (Å²) in [5, 5.41) is 13.6. The van der Waals surface area contributed by atoms with Gasteiger partial charge in [0, 0.05) is 17.2 Å². The number of halogens is 1. The van der Waals surface area contributed by atoms with E-state index in [9.17, 15) is 19.7 Å². The molecule has 33 heavy (non-hydrogen) atoms. The number of nitro groups is 1. The molecule has 2 heterocycles. The molecular weight excluding hydrogens is 468 g/mol. The summed E-state index contributed by atoms with van der Waals surface area (Å²) in [7, 11) is 0. The van der Waals surface area contributed by atoms with E-state index in [2.05, 4.69) is 10.3 Å². The average molecular weight is 481 g/mol. The van der Waals surface area contributed by atoms with Gasteiger partial charge in [0.2, 0.25) is 5.88 Å².